The van der Waals surface area contributed by atoms with Crippen molar-refractivity contribution in [2.75, 3.05) is 44.6 Å². The van der Waals surface area contributed by atoms with Crippen LogP contribution in [0.2, 0.25) is 0 Å². The first-order chi connectivity index (χ1) is 9.72. The summed E-state index contributed by atoms with van der Waals surface area (Å²) in [6.45, 7) is 5.70. The molecule has 2 saturated heterocycles. The predicted molar refractivity (Wildman–Crippen MR) is 75.2 cm³/mol. The topological polar surface area (TPSA) is 47.6 Å². The van der Waals surface area contributed by atoms with Crippen molar-refractivity contribution < 1.29 is 9.18 Å². The normalized spacial score (nSPS) is 20.6. The van der Waals surface area contributed by atoms with Crippen LogP contribution < -0.4 is 10.6 Å². The van der Waals surface area contributed by atoms with Crippen LogP contribution in [0.5, 0.6) is 0 Å². The van der Waals surface area contributed by atoms with E-state index in [9.17, 15) is 9.18 Å². The van der Waals surface area contributed by atoms with Gasteiger partial charge in [0, 0.05) is 51.0 Å². The number of piperazine rings is 1. The lowest BCUT2D eigenvalue weighted by Gasteiger charge is -2.46. The van der Waals surface area contributed by atoms with Crippen LogP contribution in [0.4, 0.5) is 14.9 Å². The van der Waals surface area contributed by atoms with Crippen molar-refractivity contribution in [1.29, 1.82) is 0 Å². The Bertz CT molecular complexity index is 467. The first-order valence-corrected chi connectivity index (χ1v) is 6.98. The third-order valence-electron chi connectivity index (χ3n) is 3.91. The van der Waals surface area contributed by atoms with E-state index >= 15 is 0 Å². The number of carbonyl (C=O) groups is 1. The van der Waals surface area contributed by atoms with Crippen molar-refractivity contribution in [1.82, 2.24) is 15.1 Å². The van der Waals surface area contributed by atoms with Gasteiger partial charge in [-0.05, 0) is 24.3 Å². The molecule has 0 atom stereocenters. The molecular weight excluding hydrogens is 259 g/mol. The van der Waals surface area contributed by atoms with E-state index in [2.05, 4.69) is 15.5 Å². The summed E-state index contributed by atoms with van der Waals surface area (Å²) in [7, 11) is 0. The number of carbonyl (C=O) groups excluding carboxylic acids is 1. The minimum absolute atomic E-state index is 0.108. The monoisotopic (exact) mass is 278 g/mol. The van der Waals surface area contributed by atoms with Gasteiger partial charge in [0.15, 0.2) is 0 Å². The smallest absolute Gasteiger partial charge is 0.321 e. The number of halogens is 1. The minimum atomic E-state index is -0.300. The predicted octanol–water partition coefficient (Wildman–Crippen LogP) is 0.947. The lowest BCUT2D eigenvalue weighted by molar-refractivity contribution is 0.0537. The molecule has 0 bridgehead atoms. The van der Waals surface area contributed by atoms with Crippen molar-refractivity contribution >= 4 is 11.7 Å². The molecular formula is C14H19FN4O. The second-order valence-electron chi connectivity index (χ2n) is 5.28. The van der Waals surface area contributed by atoms with Gasteiger partial charge in [-0.15, -0.1) is 0 Å². The van der Waals surface area contributed by atoms with E-state index in [0.29, 0.717) is 11.7 Å². The number of anilines is 1. The van der Waals surface area contributed by atoms with E-state index in [1.807, 2.05) is 0 Å². The molecule has 6 heteroatoms. The van der Waals surface area contributed by atoms with Crippen LogP contribution in [0.1, 0.15) is 0 Å². The molecule has 2 fully saturated rings. The molecule has 1 aromatic rings. The summed E-state index contributed by atoms with van der Waals surface area (Å²) in [6, 6.07) is 6.20. The highest BCUT2D eigenvalue weighted by atomic mass is 19.1. The van der Waals surface area contributed by atoms with Crippen molar-refractivity contribution in [3.8, 4) is 0 Å². The second-order valence-corrected chi connectivity index (χ2v) is 5.28. The fourth-order valence-electron chi connectivity index (χ4n) is 2.64. The van der Waals surface area contributed by atoms with Gasteiger partial charge in [-0.3, -0.25) is 4.90 Å². The summed E-state index contributed by atoms with van der Waals surface area (Å²) in [5.74, 6) is -0.300. The Kier molecular flexibility index (Phi) is 3.84. The van der Waals surface area contributed by atoms with Gasteiger partial charge in [0.1, 0.15) is 5.82 Å². The molecule has 0 aromatic heterocycles. The SMILES string of the molecule is O=C(Nc1ccc(F)cc1)N1CC(N2CCNCC2)C1. The minimum Gasteiger partial charge on any atom is -0.321 e. The van der Waals surface area contributed by atoms with E-state index in [-0.39, 0.29) is 11.8 Å². The average Bonchev–Trinajstić information content (AvgIpc) is 2.41. The molecule has 2 aliphatic rings. The van der Waals surface area contributed by atoms with Gasteiger partial charge in [-0.25, -0.2) is 9.18 Å². The molecule has 0 unspecified atom stereocenters. The maximum Gasteiger partial charge on any atom is 0.321 e. The van der Waals surface area contributed by atoms with E-state index in [4.69, 9.17) is 0 Å². The molecule has 2 amide bonds. The van der Waals surface area contributed by atoms with Crippen LogP contribution in [0.3, 0.4) is 0 Å². The zero-order valence-corrected chi connectivity index (χ0v) is 11.3. The third-order valence-corrected chi connectivity index (χ3v) is 3.91. The highest BCUT2D eigenvalue weighted by Gasteiger charge is 2.35. The van der Waals surface area contributed by atoms with Crippen LogP contribution in [0, 0.1) is 5.82 Å². The molecule has 2 aliphatic heterocycles. The summed E-state index contributed by atoms with van der Waals surface area (Å²) in [5, 5.41) is 6.11. The zero-order chi connectivity index (χ0) is 13.9. The van der Waals surface area contributed by atoms with Gasteiger partial charge >= 0.3 is 6.03 Å². The van der Waals surface area contributed by atoms with Crippen molar-refractivity contribution in [2.45, 2.75) is 6.04 Å². The van der Waals surface area contributed by atoms with Gasteiger partial charge in [0.25, 0.3) is 0 Å². The molecule has 3 rings (SSSR count). The van der Waals surface area contributed by atoms with E-state index in [1.165, 1.54) is 12.1 Å². The lowest BCUT2D eigenvalue weighted by Crippen LogP contribution is -2.64. The molecule has 0 radical (unpaired) electrons. The van der Waals surface area contributed by atoms with Crippen LogP contribution >= 0.6 is 0 Å². The largest absolute Gasteiger partial charge is 0.321 e. The van der Waals surface area contributed by atoms with Gasteiger partial charge in [-0.1, -0.05) is 0 Å². The number of hydrogen-bond donors (Lipinski definition) is 2. The van der Waals surface area contributed by atoms with Crippen molar-refractivity contribution in [3.05, 3.63) is 30.1 Å². The quantitative estimate of drug-likeness (QED) is 0.846. The number of amides is 2. The highest BCUT2D eigenvalue weighted by Crippen LogP contribution is 2.17. The van der Waals surface area contributed by atoms with Crippen molar-refractivity contribution in [2.24, 2.45) is 0 Å². The van der Waals surface area contributed by atoms with Gasteiger partial charge < -0.3 is 15.5 Å². The molecule has 2 heterocycles. The van der Waals surface area contributed by atoms with Crippen molar-refractivity contribution in [3.63, 3.8) is 0 Å². The Balaban J connectivity index is 1.47. The van der Waals surface area contributed by atoms with E-state index < -0.39 is 0 Å². The first-order valence-electron chi connectivity index (χ1n) is 6.98. The number of hydrogen-bond acceptors (Lipinski definition) is 3. The Hall–Kier alpha value is -1.66. The fraction of sp³-hybridized carbons (Fsp3) is 0.500. The first kappa shape index (κ1) is 13.3. The maximum atomic E-state index is 12.8. The van der Waals surface area contributed by atoms with Crippen LogP contribution in [-0.2, 0) is 0 Å². The molecule has 108 valence electrons. The fourth-order valence-corrected chi connectivity index (χ4v) is 2.64. The maximum absolute atomic E-state index is 12.8. The number of nitrogens with zero attached hydrogens (tertiary/aromatic N) is 2. The summed E-state index contributed by atoms with van der Waals surface area (Å²) in [4.78, 5) is 16.2. The summed E-state index contributed by atoms with van der Waals surface area (Å²) in [5.41, 5.74) is 0.627. The molecule has 2 N–H and O–H groups in total. The third kappa shape index (κ3) is 2.91. The number of nitrogens with one attached hydrogen (secondary N) is 2. The van der Waals surface area contributed by atoms with Gasteiger partial charge in [0.05, 0.1) is 0 Å². The summed E-state index contributed by atoms with van der Waals surface area (Å²) in [6.07, 6.45) is 0. The zero-order valence-electron chi connectivity index (χ0n) is 11.3. The van der Waals surface area contributed by atoms with Crippen LogP contribution in [0.25, 0.3) is 0 Å². The average molecular weight is 278 g/mol. The van der Waals surface area contributed by atoms with Gasteiger partial charge in [0.2, 0.25) is 0 Å². The lowest BCUT2D eigenvalue weighted by atomic mass is 10.1. The number of benzene rings is 1. The number of rotatable bonds is 2. The molecule has 0 aliphatic carbocycles. The summed E-state index contributed by atoms with van der Waals surface area (Å²) < 4.78 is 12.8. The Morgan fingerprint density at radius 3 is 2.50 bits per heavy atom. The Labute approximate surface area is 117 Å². The standard InChI is InChI=1S/C14H19FN4O/c15-11-1-3-12(4-2-11)17-14(20)19-9-13(10-19)18-7-5-16-6-8-18/h1-4,13,16H,5-10H2,(H,17,20). The van der Waals surface area contributed by atoms with Crippen LogP contribution in [0.15, 0.2) is 24.3 Å². The number of likely N-dealkylation sites (tertiary alicyclic amines) is 1. The van der Waals surface area contributed by atoms with Crippen LogP contribution in [-0.4, -0.2) is 61.1 Å². The highest BCUT2D eigenvalue weighted by molar-refractivity contribution is 5.89. The van der Waals surface area contributed by atoms with Gasteiger partial charge in [-0.2, -0.15) is 0 Å². The second kappa shape index (κ2) is 5.76. The molecule has 20 heavy (non-hydrogen) atoms. The number of urea groups is 1. The molecule has 0 spiro atoms. The molecule has 0 saturated carbocycles. The molecule has 5 nitrogen and oxygen atoms in total. The van der Waals surface area contributed by atoms with E-state index in [0.717, 1.165) is 39.3 Å². The molecule has 1 aromatic carbocycles. The Morgan fingerprint density at radius 2 is 1.85 bits per heavy atom. The summed E-state index contributed by atoms with van der Waals surface area (Å²) >= 11 is 0. The Morgan fingerprint density at radius 1 is 1.20 bits per heavy atom. The van der Waals surface area contributed by atoms with E-state index in [1.54, 1.807) is 17.0 Å².